The van der Waals surface area contributed by atoms with Crippen LogP contribution in [0, 0.1) is 11.6 Å². The lowest BCUT2D eigenvalue weighted by Gasteiger charge is -2.33. The number of para-hydroxylation sites is 2. The summed E-state index contributed by atoms with van der Waals surface area (Å²) in [6.45, 7) is 13.6. The number of halogens is 2. The number of carbonyl (C=O) groups is 2. The highest BCUT2D eigenvalue weighted by molar-refractivity contribution is 5.96. The molecule has 2 N–H and O–H groups in total. The predicted octanol–water partition coefficient (Wildman–Crippen LogP) is 11.9. The first-order valence-electron chi connectivity index (χ1n) is 25.2. The number of ether oxygens (including phenoxy) is 4. The van der Waals surface area contributed by atoms with Gasteiger partial charge in [-0.3, -0.25) is 9.36 Å². The highest BCUT2D eigenvalue weighted by atomic mass is 19.1. The minimum atomic E-state index is -0.511. The minimum Gasteiger partial charge on any atom is -0.496 e. The fourth-order valence-electron chi connectivity index (χ4n) is 9.22. The Bertz CT molecular complexity index is 3130. The van der Waals surface area contributed by atoms with Crippen molar-refractivity contribution in [2.24, 2.45) is 0 Å². The van der Waals surface area contributed by atoms with Crippen LogP contribution in [0.15, 0.2) is 110 Å². The van der Waals surface area contributed by atoms with Crippen molar-refractivity contribution in [1.82, 2.24) is 49.3 Å². The second kappa shape index (κ2) is 22.2. The van der Waals surface area contributed by atoms with Crippen molar-refractivity contribution in [3.05, 3.63) is 122 Å². The highest BCUT2D eigenvalue weighted by Gasteiger charge is 2.30. The van der Waals surface area contributed by atoms with Crippen LogP contribution in [0.5, 0.6) is 11.5 Å². The zero-order valence-corrected chi connectivity index (χ0v) is 43.9. The summed E-state index contributed by atoms with van der Waals surface area (Å²) in [6.07, 6.45) is 13.0. The average Bonchev–Trinajstić information content (AvgIpc) is 4.10. The Hall–Kier alpha value is -8.42. The van der Waals surface area contributed by atoms with Gasteiger partial charge in [-0.1, -0.05) is 36.4 Å². The summed E-state index contributed by atoms with van der Waals surface area (Å²) in [4.78, 5) is 46.4. The van der Waals surface area contributed by atoms with Gasteiger partial charge in [0.1, 0.15) is 34.3 Å². The molecule has 0 unspecified atom stereocenters. The van der Waals surface area contributed by atoms with Gasteiger partial charge in [0.25, 0.3) is 0 Å². The summed E-state index contributed by atoms with van der Waals surface area (Å²) in [7, 11) is 3.17. The second-order valence-corrected chi connectivity index (χ2v) is 20.6. The topological polar surface area (TPSA) is 189 Å². The van der Waals surface area contributed by atoms with Crippen LogP contribution in [0.25, 0.3) is 44.1 Å². The number of likely N-dealkylation sites (tertiary alicyclic amines) is 2. The van der Waals surface area contributed by atoms with Gasteiger partial charge >= 0.3 is 12.2 Å². The Labute approximate surface area is 439 Å². The summed E-state index contributed by atoms with van der Waals surface area (Å²) in [5.74, 6) is 1.26. The summed E-state index contributed by atoms with van der Waals surface area (Å²) in [5.41, 5.74) is 4.40. The number of hydrogen-bond donors (Lipinski definition) is 2. The molecule has 6 heterocycles. The Morgan fingerprint density at radius 2 is 0.934 bits per heavy atom. The Morgan fingerprint density at radius 3 is 1.30 bits per heavy atom. The molecule has 2 aliphatic heterocycles. The summed E-state index contributed by atoms with van der Waals surface area (Å²) in [5, 5.41) is 16.7. The fourth-order valence-corrected chi connectivity index (χ4v) is 9.22. The normalized spacial score (nSPS) is 14.5. The van der Waals surface area contributed by atoms with Crippen LogP contribution in [0.4, 0.5) is 41.6 Å². The SMILES string of the molecule is COc1ccccc1-c1cc(F)cc2cnc(Nc3cnn(C4CCN(C(=O)OC(C)(C)C)CC4)c3)nc12.COc1ccccc1-c1cc(F)cc2cnc(Nc3cnn(C4CCN(C(=O)OC(C)(C)C)CC4)c3)nc12. The first-order valence-corrected chi connectivity index (χ1v) is 25.2. The molecule has 0 aliphatic carbocycles. The number of amides is 2. The molecule has 2 saturated heterocycles. The first-order chi connectivity index (χ1) is 36.4. The maximum atomic E-state index is 14.4. The maximum Gasteiger partial charge on any atom is 0.410 e. The molecular formula is C56H62F2N12O6. The Kier molecular flexibility index (Phi) is 15.3. The number of piperidine rings is 2. The van der Waals surface area contributed by atoms with Crippen LogP contribution in [-0.2, 0) is 9.47 Å². The molecule has 76 heavy (non-hydrogen) atoms. The van der Waals surface area contributed by atoms with E-state index in [4.69, 9.17) is 28.9 Å². The Balaban J connectivity index is 0.000000186. The highest BCUT2D eigenvalue weighted by Crippen LogP contribution is 2.37. The van der Waals surface area contributed by atoms with E-state index >= 15 is 0 Å². The standard InChI is InChI=1S/2C28H31FN6O3/c2*1-28(2,3)38-27(36)34-11-9-21(10-12-34)35-17-20(16-31-35)32-26-30-15-18-13-19(29)14-23(25(18)33-26)22-7-5-6-8-24(22)37-4/h2*5-8,13-17,21H,9-12H2,1-4H3,(H,30,32,33). The lowest BCUT2D eigenvalue weighted by molar-refractivity contribution is 0.0174. The number of fused-ring (bicyclic) bond motifs is 2. The molecule has 396 valence electrons. The zero-order valence-electron chi connectivity index (χ0n) is 43.9. The van der Waals surface area contributed by atoms with Crippen LogP contribution < -0.4 is 20.1 Å². The Morgan fingerprint density at radius 1 is 0.553 bits per heavy atom. The predicted molar refractivity (Wildman–Crippen MR) is 286 cm³/mol. The van der Waals surface area contributed by atoms with E-state index in [2.05, 4.69) is 30.8 Å². The van der Waals surface area contributed by atoms with Crippen LogP contribution in [0.1, 0.15) is 79.3 Å². The van der Waals surface area contributed by atoms with E-state index in [1.165, 1.54) is 24.3 Å². The van der Waals surface area contributed by atoms with Gasteiger partial charge in [0.05, 0.1) is 61.1 Å². The molecule has 0 spiro atoms. The summed E-state index contributed by atoms with van der Waals surface area (Å²) >= 11 is 0. The zero-order chi connectivity index (χ0) is 53.7. The monoisotopic (exact) mass is 1040 g/mol. The minimum absolute atomic E-state index is 0.168. The number of nitrogens with zero attached hydrogens (tertiary/aromatic N) is 10. The van der Waals surface area contributed by atoms with E-state index in [1.807, 2.05) is 112 Å². The molecule has 20 heteroatoms. The number of hydrogen-bond acceptors (Lipinski definition) is 14. The van der Waals surface area contributed by atoms with Crippen LogP contribution in [-0.4, -0.2) is 113 Å². The number of aromatic nitrogens is 8. The van der Waals surface area contributed by atoms with E-state index in [-0.39, 0.29) is 35.9 Å². The van der Waals surface area contributed by atoms with Gasteiger partial charge in [0, 0.05) is 84.0 Å². The molecule has 0 bridgehead atoms. The summed E-state index contributed by atoms with van der Waals surface area (Å²) < 4.78 is 54.7. The molecule has 8 aromatic rings. The molecule has 0 radical (unpaired) electrons. The third-order valence-electron chi connectivity index (χ3n) is 12.8. The van der Waals surface area contributed by atoms with Gasteiger partial charge < -0.3 is 39.4 Å². The molecule has 2 aliphatic rings. The number of anilines is 4. The van der Waals surface area contributed by atoms with Crippen molar-refractivity contribution in [3.8, 4) is 33.8 Å². The van der Waals surface area contributed by atoms with E-state index in [9.17, 15) is 18.4 Å². The van der Waals surface area contributed by atoms with Crippen LogP contribution in [0.2, 0.25) is 0 Å². The largest absolute Gasteiger partial charge is 0.496 e. The van der Waals surface area contributed by atoms with E-state index in [1.54, 1.807) is 48.8 Å². The average molecular weight is 1040 g/mol. The van der Waals surface area contributed by atoms with Gasteiger partial charge in [0.2, 0.25) is 11.9 Å². The lowest BCUT2D eigenvalue weighted by Crippen LogP contribution is -2.42. The van der Waals surface area contributed by atoms with Crippen molar-refractivity contribution < 1.29 is 37.3 Å². The van der Waals surface area contributed by atoms with Gasteiger partial charge in [-0.25, -0.2) is 38.3 Å². The van der Waals surface area contributed by atoms with Gasteiger partial charge in [-0.2, -0.15) is 10.2 Å². The number of methoxy groups -OCH3 is 2. The van der Waals surface area contributed by atoms with E-state index < -0.39 is 11.2 Å². The molecule has 2 fully saturated rings. The molecular weight excluding hydrogens is 975 g/mol. The second-order valence-electron chi connectivity index (χ2n) is 20.6. The quantitative estimate of drug-likeness (QED) is 0.132. The third kappa shape index (κ3) is 12.6. The first kappa shape index (κ1) is 52.4. The van der Waals surface area contributed by atoms with Crippen molar-refractivity contribution >= 4 is 57.3 Å². The fraction of sp³-hybridized carbons (Fsp3) is 0.357. The lowest BCUT2D eigenvalue weighted by atomic mass is 10.0. The molecule has 2 amide bonds. The molecule has 10 rings (SSSR count). The smallest absolute Gasteiger partial charge is 0.410 e. The summed E-state index contributed by atoms with van der Waals surface area (Å²) in [6, 6.07) is 21.0. The van der Waals surface area contributed by atoms with Crippen LogP contribution >= 0.6 is 0 Å². The molecule has 0 atom stereocenters. The van der Waals surface area contributed by atoms with Crippen molar-refractivity contribution in [3.63, 3.8) is 0 Å². The van der Waals surface area contributed by atoms with Crippen molar-refractivity contribution in [1.29, 1.82) is 0 Å². The number of rotatable bonds is 10. The third-order valence-corrected chi connectivity index (χ3v) is 12.8. The van der Waals surface area contributed by atoms with Crippen molar-refractivity contribution in [2.75, 3.05) is 51.0 Å². The molecule has 4 aromatic carbocycles. The van der Waals surface area contributed by atoms with Crippen LogP contribution in [0.3, 0.4) is 0 Å². The maximum absolute atomic E-state index is 14.4. The van der Waals surface area contributed by atoms with E-state index in [0.717, 1.165) is 48.2 Å². The number of carbonyl (C=O) groups excluding carboxylic acids is 2. The van der Waals surface area contributed by atoms with Gasteiger partial charge in [-0.05, 0) is 104 Å². The van der Waals surface area contributed by atoms with E-state index in [0.29, 0.717) is 82.5 Å². The number of benzene rings is 4. The van der Waals surface area contributed by atoms with Crippen molar-refractivity contribution in [2.45, 2.75) is 90.5 Å². The van der Waals surface area contributed by atoms with Gasteiger partial charge in [0.15, 0.2) is 0 Å². The van der Waals surface area contributed by atoms with Gasteiger partial charge in [-0.15, -0.1) is 0 Å². The molecule has 18 nitrogen and oxygen atoms in total. The number of nitrogens with one attached hydrogen (secondary N) is 2. The molecule has 0 saturated carbocycles. The molecule has 4 aromatic heterocycles.